The van der Waals surface area contributed by atoms with E-state index < -0.39 is 0 Å². The van der Waals surface area contributed by atoms with Crippen LogP contribution in [0, 0.1) is 5.92 Å². The molecule has 0 saturated carbocycles. The number of carbonyl (C=O) groups is 1. The Kier molecular flexibility index (Phi) is 4.37. The second-order valence-electron chi connectivity index (χ2n) is 5.65. The average molecular weight is 300 g/mol. The highest BCUT2D eigenvalue weighted by Gasteiger charge is 2.22. The van der Waals surface area contributed by atoms with Gasteiger partial charge in [-0.25, -0.2) is 4.98 Å². The number of rotatable bonds is 5. The molecule has 0 spiro atoms. The number of aryl methyl sites for hydroxylation is 1. The summed E-state index contributed by atoms with van der Waals surface area (Å²) in [5, 5.41) is 0. The van der Waals surface area contributed by atoms with Crippen LogP contribution in [0.25, 0.3) is 0 Å². The first-order chi connectivity index (χ1) is 10.7. The number of fused-ring (bicyclic) bond motifs is 1. The van der Waals surface area contributed by atoms with Crippen molar-refractivity contribution in [2.75, 3.05) is 20.2 Å². The van der Waals surface area contributed by atoms with Gasteiger partial charge in [0.1, 0.15) is 11.6 Å². The van der Waals surface area contributed by atoms with Gasteiger partial charge in [-0.2, -0.15) is 0 Å². The van der Waals surface area contributed by atoms with Crippen LogP contribution in [0.15, 0.2) is 36.9 Å². The van der Waals surface area contributed by atoms with Gasteiger partial charge in [0.15, 0.2) is 6.61 Å². The number of aromatic nitrogens is 3. The fourth-order valence-corrected chi connectivity index (χ4v) is 2.76. The molecule has 1 atom stereocenters. The van der Waals surface area contributed by atoms with Crippen molar-refractivity contribution in [2.24, 2.45) is 5.92 Å². The van der Waals surface area contributed by atoms with E-state index in [9.17, 15) is 4.79 Å². The molecule has 0 N–H and O–H groups in total. The van der Waals surface area contributed by atoms with Crippen LogP contribution in [0.2, 0.25) is 0 Å². The highest BCUT2D eigenvalue weighted by Crippen LogP contribution is 2.19. The number of hydrogen-bond acceptors (Lipinski definition) is 4. The van der Waals surface area contributed by atoms with Crippen molar-refractivity contribution in [1.82, 2.24) is 19.4 Å². The molecule has 0 saturated heterocycles. The summed E-state index contributed by atoms with van der Waals surface area (Å²) < 4.78 is 7.63. The van der Waals surface area contributed by atoms with Gasteiger partial charge in [0.05, 0.1) is 6.20 Å². The first-order valence-electron chi connectivity index (χ1n) is 7.49. The van der Waals surface area contributed by atoms with E-state index in [0.717, 1.165) is 31.8 Å². The quantitative estimate of drug-likeness (QED) is 0.837. The summed E-state index contributed by atoms with van der Waals surface area (Å²) in [7, 11) is 1.83. The molecule has 0 radical (unpaired) electrons. The Morgan fingerprint density at radius 1 is 1.50 bits per heavy atom. The molecule has 0 aliphatic carbocycles. The van der Waals surface area contributed by atoms with Crippen LogP contribution in [0.4, 0.5) is 0 Å². The van der Waals surface area contributed by atoms with Crippen LogP contribution in [0.5, 0.6) is 5.75 Å². The smallest absolute Gasteiger partial charge is 0.260 e. The molecular weight excluding hydrogens is 280 g/mol. The standard InChI is InChI=1S/C16H20N4O2/c1-19(16(21)12-22-14-3-2-6-17-9-14)10-13-4-5-15-18-7-8-20(15)11-13/h2-3,6-9,13H,4-5,10-12H2,1H3/t13-/m0/s1. The Morgan fingerprint density at radius 2 is 2.41 bits per heavy atom. The summed E-state index contributed by atoms with van der Waals surface area (Å²) in [6.45, 7) is 1.72. The topological polar surface area (TPSA) is 60.2 Å². The maximum absolute atomic E-state index is 12.1. The van der Waals surface area contributed by atoms with Gasteiger partial charge in [0, 0.05) is 45.1 Å². The van der Waals surface area contributed by atoms with Gasteiger partial charge in [-0.15, -0.1) is 0 Å². The molecule has 2 aromatic heterocycles. The average Bonchev–Trinajstić information content (AvgIpc) is 3.01. The van der Waals surface area contributed by atoms with E-state index in [1.165, 1.54) is 0 Å². The van der Waals surface area contributed by atoms with Gasteiger partial charge in [-0.05, 0) is 24.5 Å². The zero-order valence-corrected chi connectivity index (χ0v) is 12.7. The number of hydrogen-bond donors (Lipinski definition) is 0. The van der Waals surface area contributed by atoms with Gasteiger partial charge >= 0.3 is 0 Å². The molecule has 1 amide bonds. The van der Waals surface area contributed by atoms with Gasteiger partial charge < -0.3 is 14.2 Å². The molecule has 0 unspecified atom stereocenters. The van der Waals surface area contributed by atoms with Crippen LogP contribution in [0.3, 0.4) is 0 Å². The van der Waals surface area contributed by atoms with E-state index in [-0.39, 0.29) is 12.5 Å². The van der Waals surface area contributed by atoms with Crippen molar-refractivity contribution < 1.29 is 9.53 Å². The molecule has 0 aromatic carbocycles. The van der Waals surface area contributed by atoms with Crippen LogP contribution in [0.1, 0.15) is 12.2 Å². The molecule has 6 heteroatoms. The third-order valence-corrected chi connectivity index (χ3v) is 3.99. The van der Waals surface area contributed by atoms with Crippen LogP contribution < -0.4 is 4.74 Å². The number of nitrogens with zero attached hydrogens (tertiary/aromatic N) is 4. The van der Waals surface area contributed by atoms with Gasteiger partial charge in [0.25, 0.3) is 5.91 Å². The van der Waals surface area contributed by atoms with E-state index in [1.54, 1.807) is 29.4 Å². The van der Waals surface area contributed by atoms with Gasteiger partial charge in [0.2, 0.25) is 0 Å². The fraction of sp³-hybridized carbons (Fsp3) is 0.438. The lowest BCUT2D eigenvalue weighted by Gasteiger charge is -2.28. The Balaban J connectivity index is 1.47. The number of carbonyl (C=O) groups excluding carboxylic acids is 1. The number of likely N-dealkylation sites (N-methyl/N-ethyl adjacent to an activating group) is 1. The van der Waals surface area contributed by atoms with E-state index in [0.29, 0.717) is 11.7 Å². The predicted molar refractivity (Wildman–Crippen MR) is 81.4 cm³/mol. The lowest BCUT2D eigenvalue weighted by atomic mass is 9.99. The molecule has 1 aliphatic heterocycles. The second kappa shape index (κ2) is 6.60. The Bertz CT molecular complexity index is 626. The summed E-state index contributed by atoms with van der Waals surface area (Å²) in [5.74, 6) is 2.21. The molecule has 116 valence electrons. The predicted octanol–water partition coefficient (Wildman–Crippen LogP) is 1.38. The molecule has 2 aromatic rings. The fourth-order valence-electron chi connectivity index (χ4n) is 2.76. The Labute approximate surface area is 129 Å². The largest absolute Gasteiger partial charge is 0.482 e. The lowest BCUT2D eigenvalue weighted by Crippen LogP contribution is -2.37. The van der Waals surface area contributed by atoms with Crippen molar-refractivity contribution in [1.29, 1.82) is 0 Å². The van der Waals surface area contributed by atoms with Crippen LogP contribution >= 0.6 is 0 Å². The first kappa shape index (κ1) is 14.6. The van der Waals surface area contributed by atoms with Crippen molar-refractivity contribution in [3.63, 3.8) is 0 Å². The molecule has 0 bridgehead atoms. The van der Waals surface area contributed by atoms with Crippen molar-refractivity contribution >= 4 is 5.91 Å². The van der Waals surface area contributed by atoms with E-state index >= 15 is 0 Å². The molecule has 3 heterocycles. The normalized spacial score (nSPS) is 16.9. The van der Waals surface area contributed by atoms with Crippen molar-refractivity contribution in [3.05, 3.63) is 42.7 Å². The Hall–Kier alpha value is -2.37. The minimum absolute atomic E-state index is 0.0136. The number of imidazole rings is 1. The second-order valence-corrected chi connectivity index (χ2v) is 5.65. The van der Waals surface area contributed by atoms with Crippen molar-refractivity contribution in [3.8, 4) is 5.75 Å². The summed E-state index contributed by atoms with van der Waals surface area (Å²) in [4.78, 5) is 22.2. The zero-order valence-electron chi connectivity index (χ0n) is 12.7. The zero-order chi connectivity index (χ0) is 15.4. The van der Waals surface area contributed by atoms with Crippen LogP contribution in [-0.2, 0) is 17.8 Å². The molecule has 6 nitrogen and oxygen atoms in total. The molecule has 1 aliphatic rings. The third-order valence-electron chi connectivity index (χ3n) is 3.99. The number of amides is 1. The highest BCUT2D eigenvalue weighted by atomic mass is 16.5. The number of ether oxygens (including phenoxy) is 1. The van der Waals surface area contributed by atoms with Crippen molar-refractivity contribution in [2.45, 2.75) is 19.4 Å². The molecule has 3 rings (SSSR count). The maximum Gasteiger partial charge on any atom is 0.260 e. The molecule has 0 fully saturated rings. The highest BCUT2D eigenvalue weighted by molar-refractivity contribution is 5.77. The third kappa shape index (κ3) is 3.44. The monoisotopic (exact) mass is 300 g/mol. The summed E-state index contributed by atoms with van der Waals surface area (Å²) >= 11 is 0. The maximum atomic E-state index is 12.1. The van der Waals surface area contributed by atoms with E-state index in [1.807, 2.05) is 19.4 Å². The SMILES string of the molecule is CN(C[C@@H]1CCc2nccn2C1)C(=O)COc1cccnc1. The minimum Gasteiger partial charge on any atom is -0.482 e. The molecule has 22 heavy (non-hydrogen) atoms. The lowest BCUT2D eigenvalue weighted by molar-refractivity contribution is -0.132. The molecular formula is C16H20N4O2. The number of pyridine rings is 1. The summed E-state index contributed by atoms with van der Waals surface area (Å²) in [5.41, 5.74) is 0. The first-order valence-corrected chi connectivity index (χ1v) is 7.49. The van der Waals surface area contributed by atoms with E-state index in [2.05, 4.69) is 14.5 Å². The van der Waals surface area contributed by atoms with E-state index in [4.69, 9.17) is 4.74 Å². The van der Waals surface area contributed by atoms with Gasteiger partial charge in [-0.1, -0.05) is 0 Å². The summed E-state index contributed by atoms with van der Waals surface area (Å²) in [6, 6.07) is 3.58. The Morgan fingerprint density at radius 3 is 3.23 bits per heavy atom. The minimum atomic E-state index is -0.0136. The summed E-state index contributed by atoms with van der Waals surface area (Å²) in [6.07, 6.45) is 9.18. The van der Waals surface area contributed by atoms with Gasteiger partial charge in [-0.3, -0.25) is 9.78 Å². The van der Waals surface area contributed by atoms with Crippen LogP contribution in [-0.4, -0.2) is 45.5 Å².